The molecule has 0 aliphatic carbocycles. The number of aromatic nitrogens is 1. The van der Waals surface area contributed by atoms with E-state index in [1.165, 1.54) is 0 Å². The van der Waals surface area contributed by atoms with Gasteiger partial charge in [0.2, 0.25) is 0 Å². The van der Waals surface area contributed by atoms with Crippen LogP contribution in [0.3, 0.4) is 0 Å². The first kappa shape index (κ1) is 19.6. The first-order valence-corrected chi connectivity index (χ1v) is 10.1. The molecular formula is C26H24N2O2. The van der Waals surface area contributed by atoms with E-state index in [-0.39, 0.29) is 5.92 Å². The summed E-state index contributed by atoms with van der Waals surface area (Å²) in [4.78, 5) is 26.5. The minimum atomic E-state index is -0.632. The van der Waals surface area contributed by atoms with Crippen molar-refractivity contribution in [1.29, 1.82) is 0 Å². The zero-order valence-corrected chi connectivity index (χ0v) is 17.3. The van der Waals surface area contributed by atoms with Gasteiger partial charge in [-0.05, 0) is 47.7 Å². The Balaban J connectivity index is 1.78. The first-order chi connectivity index (χ1) is 14.5. The average molecular weight is 396 g/mol. The van der Waals surface area contributed by atoms with E-state index in [2.05, 4.69) is 19.2 Å². The molecule has 0 aliphatic heterocycles. The number of nitrogens with zero attached hydrogens (tertiary/aromatic N) is 1. The fourth-order valence-corrected chi connectivity index (χ4v) is 3.81. The van der Waals surface area contributed by atoms with Gasteiger partial charge in [-0.2, -0.15) is 0 Å². The second kappa shape index (κ2) is 7.99. The van der Waals surface area contributed by atoms with Crippen LogP contribution in [0.25, 0.3) is 16.6 Å². The quantitative estimate of drug-likeness (QED) is 0.339. The summed E-state index contributed by atoms with van der Waals surface area (Å²) in [7, 11) is 0. The van der Waals surface area contributed by atoms with Crippen LogP contribution in [-0.2, 0) is 4.79 Å². The topological polar surface area (TPSA) is 50.6 Å². The molecule has 0 aliphatic rings. The lowest BCUT2D eigenvalue weighted by Gasteiger charge is -2.16. The van der Waals surface area contributed by atoms with Crippen molar-refractivity contribution in [1.82, 2.24) is 4.40 Å². The summed E-state index contributed by atoms with van der Waals surface area (Å²) < 4.78 is 1.78. The van der Waals surface area contributed by atoms with Crippen LogP contribution in [0.4, 0.5) is 5.69 Å². The van der Waals surface area contributed by atoms with Gasteiger partial charge in [0, 0.05) is 23.0 Å². The zero-order valence-electron chi connectivity index (χ0n) is 17.3. The van der Waals surface area contributed by atoms with Crippen molar-refractivity contribution in [3.05, 3.63) is 95.8 Å². The lowest BCUT2D eigenvalue weighted by molar-refractivity contribution is -0.112. The van der Waals surface area contributed by atoms with Crippen LogP contribution in [0, 0.1) is 6.92 Å². The summed E-state index contributed by atoms with van der Waals surface area (Å²) in [5.74, 6) is -0.963. The number of aryl methyl sites for hydroxylation is 1. The molecule has 4 heteroatoms. The van der Waals surface area contributed by atoms with E-state index in [1.54, 1.807) is 4.40 Å². The lowest BCUT2D eigenvalue weighted by Crippen LogP contribution is -2.25. The first-order valence-electron chi connectivity index (χ1n) is 10.1. The maximum Gasteiger partial charge on any atom is 0.298 e. The number of pyridine rings is 1. The van der Waals surface area contributed by atoms with Crippen molar-refractivity contribution >= 4 is 22.9 Å². The molecule has 0 radical (unpaired) electrons. The fraction of sp³-hybridized carbons (Fsp3) is 0.154. The van der Waals surface area contributed by atoms with Crippen molar-refractivity contribution < 1.29 is 9.59 Å². The molecule has 1 N–H and O–H groups in total. The van der Waals surface area contributed by atoms with E-state index in [0.717, 1.165) is 27.8 Å². The van der Waals surface area contributed by atoms with E-state index in [9.17, 15) is 9.59 Å². The molecule has 30 heavy (non-hydrogen) atoms. The van der Waals surface area contributed by atoms with Gasteiger partial charge in [0.25, 0.3) is 11.7 Å². The van der Waals surface area contributed by atoms with E-state index in [4.69, 9.17) is 0 Å². The van der Waals surface area contributed by atoms with Gasteiger partial charge in [-0.1, -0.05) is 68.4 Å². The van der Waals surface area contributed by atoms with Crippen LogP contribution in [0.2, 0.25) is 0 Å². The summed E-state index contributed by atoms with van der Waals surface area (Å²) in [5, 5.41) is 2.89. The number of carbonyl (C=O) groups is 2. The number of hydrogen-bond acceptors (Lipinski definition) is 2. The van der Waals surface area contributed by atoms with E-state index in [1.807, 2.05) is 85.9 Å². The number of fused-ring (bicyclic) bond motifs is 1. The molecule has 0 unspecified atom stereocenters. The van der Waals surface area contributed by atoms with Crippen LogP contribution in [0.15, 0.2) is 79.0 Å². The van der Waals surface area contributed by atoms with E-state index < -0.39 is 11.7 Å². The average Bonchev–Trinajstić information content (AvgIpc) is 3.14. The van der Waals surface area contributed by atoms with Crippen LogP contribution in [0.1, 0.15) is 41.4 Å². The van der Waals surface area contributed by atoms with Gasteiger partial charge in [-0.15, -0.1) is 0 Å². The minimum Gasteiger partial charge on any atom is -0.319 e. The lowest BCUT2D eigenvalue weighted by atomic mass is 9.98. The Bertz CT molecular complexity index is 1240. The Morgan fingerprint density at radius 3 is 2.37 bits per heavy atom. The molecule has 2 aromatic heterocycles. The highest BCUT2D eigenvalue weighted by atomic mass is 16.2. The SMILES string of the molecule is Cc1cccc(C(C)C)c1NC(=O)C(=O)c1c(-c2ccccc2)cc2ccccn12. The number of carbonyl (C=O) groups excluding carboxylic acids is 2. The maximum atomic E-state index is 13.4. The molecule has 2 heterocycles. The van der Waals surface area contributed by atoms with Crippen molar-refractivity contribution in [2.75, 3.05) is 5.32 Å². The van der Waals surface area contributed by atoms with Crippen LogP contribution < -0.4 is 5.32 Å². The van der Waals surface area contributed by atoms with Crippen molar-refractivity contribution in [2.45, 2.75) is 26.7 Å². The largest absolute Gasteiger partial charge is 0.319 e. The zero-order chi connectivity index (χ0) is 21.3. The number of nitrogens with one attached hydrogen (secondary N) is 1. The monoisotopic (exact) mass is 396 g/mol. The number of amides is 1. The number of ketones is 1. The highest BCUT2D eigenvalue weighted by molar-refractivity contribution is 6.47. The molecule has 150 valence electrons. The van der Waals surface area contributed by atoms with Gasteiger partial charge in [-0.25, -0.2) is 0 Å². The summed E-state index contributed by atoms with van der Waals surface area (Å²) >= 11 is 0. The van der Waals surface area contributed by atoms with Gasteiger partial charge in [0.1, 0.15) is 5.69 Å². The van der Waals surface area contributed by atoms with Gasteiger partial charge >= 0.3 is 0 Å². The Morgan fingerprint density at radius 1 is 0.900 bits per heavy atom. The predicted octanol–water partition coefficient (Wildman–Crippen LogP) is 5.86. The molecule has 0 atom stereocenters. The van der Waals surface area contributed by atoms with Gasteiger partial charge in [0.05, 0.1) is 0 Å². The Kier molecular flexibility index (Phi) is 5.23. The van der Waals surface area contributed by atoms with Gasteiger partial charge in [0.15, 0.2) is 0 Å². The van der Waals surface area contributed by atoms with Crippen molar-refractivity contribution in [3.63, 3.8) is 0 Å². The molecule has 0 saturated heterocycles. The summed E-state index contributed by atoms with van der Waals surface area (Å²) in [6.45, 7) is 6.08. The third kappa shape index (κ3) is 3.52. The standard InChI is InChI=1S/C26H24N2O2/c1-17(2)21-14-9-10-18(3)23(21)27-26(30)25(29)24-22(19-11-5-4-6-12-19)16-20-13-7-8-15-28(20)24/h4-17H,1-3H3,(H,27,30). The Morgan fingerprint density at radius 2 is 1.63 bits per heavy atom. The summed E-state index contributed by atoms with van der Waals surface area (Å²) in [5.41, 5.74) is 5.55. The molecule has 0 saturated carbocycles. The number of benzene rings is 2. The van der Waals surface area contributed by atoms with Gasteiger partial charge in [-0.3, -0.25) is 9.59 Å². The molecule has 0 bridgehead atoms. The highest BCUT2D eigenvalue weighted by Gasteiger charge is 2.26. The second-order valence-electron chi connectivity index (χ2n) is 7.75. The molecule has 0 fully saturated rings. The molecule has 0 spiro atoms. The number of Topliss-reactive ketones (excluding diaryl/α,β-unsaturated/α-hetero) is 1. The molecule has 4 aromatic rings. The van der Waals surface area contributed by atoms with Crippen LogP contribution >= 0.6 is 0 Å². The van der Waals surface area contributed by atoms with Crippen molar-refractivity contribution in [2.24, 2.45) is 0 Å². The minimum absolute atomic E-state index is 0.226. The smallest absolute Gasteiger partial charge is 0.298 e. The molecule has 1 amide bonds. The summed E-state index contributed by atoms with van der Waals surface area (Å²) in [6.07, 6.45) is 1.82. The number of anilines is 1. The molecule has 4 nitrogen and oxygen atoms in total. The van der Waals surface area contributed by atoms with Crippen molar-refractivity contribution in [3.8, 4) is 11.1 Å². The van der Waals surface area contributed by atoms with Gasteiger partial charge < -0.3 is 9.72 Å². The maximum absolute atomic E-state index is 13.4. The fourth-order valence-electron chi connectivity index (χ4n) is 3.81. The third-order valence-electron chi connectivity index (χ3n) is 5.35. The second-order valence-corrected chi connectivity index (χ2v) is 7.75. The Hall–Kier alpha value is -3.66. The Labute approximate surface area is 176 Å². The molecule has 2 aromatic carbocycles. The van der Waals surface area contributed by atoms with Crippen LogP contribution in [-0.4, -0.2) is 16.1 Å². The van der Waals surface area contributed by atoms with Crippen LogP contribution in [0.5, 0.6) is 0 Å². The predicted molar refractivity (Wildman–Crippen MR) is 121 cm³/mol. The summed E-state index contributed by atoms with van der Waals surface area (Å²) in [6, 6.07) is 23.2. The molecular weight excluding hydrogens is 372 g/mol. The third-order valence-corrected chi connectivity index (χ3v) is 5.35. The normalized spacial score (nSPS) is 11.1. The van der Waals surface area contributed by atoms with E-state index >= 15 is 0 Å². The molecule has 4 rings (SSSR count). The number of hydrogen-bond donors (Lipinski definition) is 1. The number of para-hydroxylation sites is 1. The highest BCUT2D eigenvalue weighted by Crippen LogP contribution is 2.30. The number of rotatable bonds is 5. The van der Waals surface area contributed by atoms with E-state index in [0.29, 0.717) is 11.4 Å².